The summed E-state index contributed by atoms with van der Waals surface area (Å²) >= 11 is 0. The fraction of sp³-hybridized carbons (Fsp3) is 0.192. The standard InChI is InChI=1S/C26H25N5O5/c1-4-30-25(34)29-24(31(26(30)35)15-18-8-5-16(2)6-9-18)28-19-10-12-20(13-11-19)36-22-21(23(32)33)14-7-17(3)27-22/h5-14H,4,15H2,1-3H3,(H,32,33)(H,28,29,34). The molecule has 0 aliphatic rings. The average Bonchev–Trinajstić information content (AvgIpc) is 2.84. The first-order chi connectivity index (χ1) is 17.2. The van der Waals surface area contributed by atoms with E-state index in [-0.39, 0.29) is 30.5 Å². The van der Waals surface area contributed by atoms with Crippen molar-refractivity contribution in [2.75, 3.05) is 5.32 Å². The lowest BCUT2D eigenvalue weighted by atomic mass is 10.1. The Morgan fingerprint density at radius 1 is 0.944 bits per heavy atom. The molecule has 2 aromatic heterocycles. The molecule has 0 aliphatic carbocycles. The minimum Gasteiger partial charge on any atom is -0.477 e. The summed E-state index contributed by atoms with van der Waals surface area (Å²) in [6.07, 6.45) is 0. The maximum absolute atomic E-state index is 13.0. The van der Waals surface area contributed by atoms with Gasteiger partial charge >= 0.3 is 17.3 Å². The smallest absolute Gasteiger partial charge is 0.354 e. The van der Waals surface area contributed by atoms with Gasteiger partial charge in [0, 0.05) is 17.9 Å². The Balaban J connectivity index is 1.63. The van der Waals surface area contributed by atoms with Crippen LogP contribution in [0.25, 0.3) is 0 Å². The number of anilines is 2. The van der Waals surface area contributed by atoms with Gasteiger partial charge in [-0.05, 0) is 62.7 Å². The molecule has 0 aliphatic heterocycles. The minimum absolute atomic E-state index is 0.0139. The van der Waals surface area contributed by atoms with Crippen LogP contribution in [0.2, 0.25) is 0 Å². The van der Waals surface area contributed by atoms with E-state index >= 15 is 0 Å². The average molecular weight is 488 g/mol. The monoisotopic (exact) mass is 487 g/mol. The van der Waals surface area contributed by atoms with Crippen molar-refractivity contribution < 1.29 is 14.6 Å². The Morgan fingerprint density at radius 2 is 1.64 bits per heavy atom. The fourth-order valence-electron chi connectivity index (χ4n) is 3.53. The Hall–Kier alpha value is -4.73. The van der Waals surface area contributed by atoms with Gasteiger partial charge in [0.2, 0.25) is 11.8 Å². The first-order valence-electron chi connectivity index (χ1n) is 11.3. The second-order valence-corrected chi connectivity index (χ2v) is 8.18. The second-order valence-electron chi connectivity index (χ2n) is 8.18. The summed E-state index contributed by atoms with van der Waals surface area (Å²) in [5, 5.41) is 12.4. The van der Waals surface area contributed by atoms with E-state index in [1.165, 1.54) is 10.6 Å². The molecule has 0 spiro atoms. The number of nitrogens with zero attached hydrogens (tertiary/aromatic N) is 4. The summed E-state index contributed by atoms with van der Waals surface area (Å²) in [4.78, 5) is 45.2. The third-order valence-electron chi connectivity index (χ3n) is 5.48. The molecule has 4 rings (SSSR count). The molecular weight excluding hydrogens is 462 g/mol. The predicted octanol–water partition coefficient (Wildman–Crippen LogP) is 3.72. The van der Waals surface area contributed by atoms with E-state index in [2.05, 4.69) is 15.3 Å². The number of carboxylic acids is 1. The molecule has 184 valence electrons. The van der Waals surface area contributed by atoms with Gasteiger partial charge in [-0.25, -0.2) is 23.9 Å². The van der Waals surface area contributed by atoms with Crippen molar-refractivity contribution in [1.29, 1.82) is 0 Å². The van der Waals surface area contributed by atoms with E-state index < -0.39 is 17.3 Å². The highest BCUT2D eigenvalue weighted by molar-refractivity contribution is 5.90. The number of aryl methyl sites for hydroxylation is 2. The molecule has 0 radical (unpaired) electrons. The van der Waals surface area contributed by atoms with E-state index in [1.807, 2.05) is 31.2 Å². The summed E-state index contributed by atoms with van der Waals surface area (Å²) in [7, 11) is 0. The highest BCUT2D eigenvalue weighted by atomic mass is 16.5. The Labute approximate surface area is 206 Å². The molecule has 2 aromatic carbocycles. The molecule has 10 nitrogen and oxygen atoms in total. The van der Waals surface area contributed by atoms with Gasteiger partial charge in [-0.15, -0.1) is 0 Å². The van der Waals surface area contributed by atoms with E-state index in [0.717, 1.165) is 15.7 Å². The number of rotatable bonds is 8. The van der Waals surface area contributed by atoms with Gasteiger partial charge in [-0.2, -0.15) is 4.98 Å². The summed E-state index contributed by atoms with van der Waals surface area (Å²) in [5.74, 6) is -0.680. The number of nitrogens with one attached hydrogen (secondary N) is 1. The number of hydrogen-bond donors (Lipinski definition) is 2. The minimum atomic E-state index is -1.14. The zero-order valence-corrected chi connectivity index (χ0v) is 20.1. The van der Waals surface area contributed by atoms with Gasteiger partial charge in [-0.3, -0.25) is 4.57 Å². The zero-order valence-electron chi connectivity index (χ0n) is 20.1. The van der Waals surface area contributed by atoms with E-state index in [4.69, 9.17) is 4.74 Å². The maximum Gasteiger partial charge on any atom is 0.354 e. The summed E-state index contributed by atoms with van der Waals surface area (Å²) in [6, 6.07) is 17.3. The predicted molar refractivity (Wildman–Crippen MR) is 134 cm³/mol. The van der Waals surface area contributed by atoms with Gasteiger partial charge in [0.15, 0.2) is 0 Å². The Kier molecular flexibility index (Phi) is 6.95. The molecule has 0 saturated heterocycles. The highest BCUT2D eigenvalue weighted by Crippen LogP contribution is 2.26. The zero-order chi connectivity index (χ0) is 25.8. The maximum atomic E-state index is 13.0. The van der Waals surface area contributed by atoms with Crippen LogP contribution in [0, 0.1) is 13.8 Å². The molecule has 0 fully saturated rings. The lowest BCUT2D eigenvalue weighted by Gasteiger charge is -2.15. The van der Waals surface area contributed by atoms with Gasteiger partial charge in [0.25, 0.3) is 0 Å². The topological polar surface area (TPSA) is 128 Å². The van der Waals surface area contributed by atoms with Crippen LogP contribution in [-0.4, -0.2) is 30.2 Å². The quantitative estimate of drug-likeness (QED) is 0.385. The molecule has 4 aromatic rings. The fourth-order valence-corrected chi connectivity index (χ4v) is 3.53. The van der Waals surface area contributed by atoms with Crippen LogP contribution in [0.5, 0.6) is 11.6 Å². The molecule has 2 N–H and O–H groups in total. The first-order valence-corrected chi connectivity index (χ1v) is 11.3. The number of aromatic carboxylic acids is 1. The molecule has 0 amide bonds. The van der Waals surface area contributed by atoms with Crippen molar-refractivity contribution >= 4 is 17.6 Å². The van der Waals surface area contributed by atoms with E-state index in [0.29, 0.717) is 17.1 Å². The molecule has 2 heterocycles. The van der Waals surface area contributed by atoms with Crippen LogP contribution < -0.4 is 21.4 Å². The van der Waals surface area contributed by atoms with Crippen molar-refractivity contribution in [3.05, 3.63) is 104 Å². The van der Waals surface area contributed by atoms with Crippen LogP contribution in [0.15, 0.2) is 70.3 Å². The van der Waals surface area contributed by atoms with Crippen molar-refractivity contribution in [2.24, 2.45) is 0 Å². The van der Waals surface area contributed by atoms with Crippen molar-refractivity contribution in [1.82, 2.24) is 19.1 Å². The number of ether oxygens (including phenoxy) is 1. The van der Waals surface area contributed by atoms with E-state index in [1.54, 1.807) is 44.2 Å². The van der Waals surface area contributed by atoms with Crippen LogP contribution in [0.4, 0.5) is 11.6 Å². The molecule has 0 atom stereocenters. The summed E-state index contributed by atoms with van der Waals surface area (Å²) in [5.41, 5.74) is 1.99. The van der Waals surface area contributed by atoms with Crippen LogP contribution in [0.3, 0.4) is 0 Å². The Morgan fingerprint density at radius 3 is 2.28 bits per heavy atom. The first kappa shape index (κ1) is 24.4. The number of carboxylic acid groups (broad SMARTS) is 1. The Bertz CT molecular complexity index is 1520. The normalized spacial score (nSPS) is 10.8. The van der Waals surface area contributed by atoms with Crippen LogP contribution in [-0.2, 0) is 13.1 Å². The number of benzene rings is 2. The molecule has 0 bridgehead atoms. The molecule has 10 heteroatoms. The van der Waals surface area contributed by atoms with E-state index in [9.17, 15) is 19.5 Å². The molecule has 36 heavy (non-hydrogen) atoms. The third kappa shape index (κ3) is 5.33. The largest absolute Gasteiger partial charge is 0.477 e. The summed E-state index contributed by atoms with van der Waals surface area (Å²) in [6.45, 7) is 5.86. The number of carbonyl (C=O) groups is 1. The van der Waals surface area contributed by atoms with Crippen molar-refractivity contribution in [2.45, 2.75) is 33.9 Å². The highest BCUT2D eigenvalue weighted by Gasteiger charge is 2.15. The number of aromatic nitrogens is 4. The van der Waals surface area contributed by atoms with Gasteiger partial charge < -0.3 is 15.2 Å². The van der Waals surface area contributed by atoms with Crippen LogP contribution >= 0.6 is 0 Å². The SMILES string of the molecule is CCn1c(=O)nc(Nc2ccc(Oc3nc(C)ccc3C(=O)O)cc2)n(Cc2ccc(C)cc2)c1=O. The van der Waals surface area contributed by atoms with Crippen LogP contribution in [0.1, 0.15) is 34.1 Å². The second kappa shape index (κ2) is 10.3. The lowest BCUT2D eigenvalue weighted by molar-refractivity contribution is 0.0693. The molecule has 0 unspecified atom stereocenters. The van der Waals surface area contributed by atoms with Gasteiger partial charge in [0.1, 0.15) is 11.3 Å². The summed E-state index contributed by atoms with van der Waals surface area (Å²) < 4.78 is 8.18. The third-order valence-corrected chi connectivity index (χ3v) is 5.48. The van der Waals surface area contributed by atoms with Crippen molar-refractivity contribution in [3.63, 3.8) is 0 Å². The van der Waals surface area contributed by atoms with Gasteiger partial charge in [0.05, 0.1) is 6.54 Å². The number of pyridine rings is 1. The molecular formula is C26H25N5O5. The number of hydrogen-bond acceptors (Lipinski definition) is 7. The van der Waals surface area contributed by atoms with Gasteiger partial charge in [-0.1, -0.05) is 29.8 Å². The van der Waals surface area contributed by atoms with Crippen molar-refractivity contribution in [3.8, 4) is 11.6 Å². The lowest BCUT2D eigenvalue weighted by Crippen LogP contribution is -2.42. The molecule has 0 saturated carbocycles.